The van der Waals surface area contributed by atoms with Crippen LogP contribution in [0, 0.1) is 0 Å². The third-order valence-electron chi connectivity index (χ3n) is 6.17. The first kappa shape index (κ1) is 27.8. The van der Waals surface area contributed by atoms with E-state index in [-0.39, 0.29) is 36.7 Å². The molecule has 0 aliphatic rings. The highest BCUT2D eigenvalue weighted by atomic mass is 16.3. The molecule has 0 bridgehead atoms. The van der Waals surface area contributed by atoms with Crippen molar-refractivity contribution in [3.8, 4) is 0 Å². The maximum atomic E-state index is 12.5. The molecule has 2 unspecified atom stereocenters. The van der Waals surface area contributed by atoms with Crippen molar-refractivity contribution in [3.05, 3.63) is 59.8 Å². The minimum absolute atomic E-state index is 0.0543. The number of nitrogens with zero attached hydrogens (tertiary/aromatic N) is 4. The van der Waals surface area contributed by atoms with Gasteiger partial charge in [0.2, 0.25) is 17.8 Å². The van der Waals surface area contributed by atoms with E-state index in [1.54, 1.807) is 11.4 Å². The second-order valence-electron chi connectivity index (χ2n) is 9.37. The standard InChI is InChI=1S/C27H37N7O3/c1-6-21(11-12-35)31-26-32-25-22(17(3)4)16-29-34(25)27(33-26)28-15-20-10-8-9-19(13-20)14-23(36)18(5)30-24(37)7-2/h7-10,13,16-18,21,35H,2,6,11-12,14-15H2,1,3-5H3,(H,30,37)(H2,28,31,32,33). The largest absolute Gasteiger partial charge is 0.396 e. The highest BCUT2D eigenvalue weighted by Crippen LogP contribution is 2.23. The summed E-state index contributed by atoms with van der Waals surface area (Å²) < 4.78 is 1.70. The summed E-state index contributed by atoms with van der Waals surface area (Å²) in [5.74, 6) is 0.804. The van der Waals surface area contributed by atoms with Crippen molar-refractivity contribution < 1.29 is 14.7 Å². The molecule has 2 atom stereocenters. The highest BCUT2D eigenvalue weighted by molar-refractivity contribution is 5.93. The lowest BCUT2D eigenvalue weighted by Gasteiger charge is -2.17. The highest BCUT2D eigenvalue weighted by Gasteiger charge is 2.18. The van der Waals surface area contributed by atoms with Crippen LogP contribution in [0.2, 0.25) is 0 Å². The lowest BCUT2D eigenvalue weighted by Crippen LogP contribution is -2.38. The molecule has 198 valence electrons. The molecular weight excluding hydrogens is 470 g/mol. The molecule has 10 heteroatoms. The van der Waals surface area contributed by atoms with Crippen LogP contribution < -0.4 is 16.0 Å². The number of hydrogen-bond acceptors (Lipinski definition) is 8. The van der Waals surface area contributed by atoms with Crippen LogP contribution in [0.5, 0.6) is 0 Å². The smallest absolute Gasteiger partial charge is 0.243 e. The van der Waals surface area contributed by atoms with Gasteiger partial charge < -0.3 is 21.1 Å². The number of hydrogen-bond donors (Lipinski definition) is 4. The number of benzene rings is 1. The van der Waals surface area contributed by atoms with Crippen molar-refractivity contribution in [1.82, 2.24) is 24.9 Å². The number of anilines is 2. The summed E-state index contributed by atoms with van der Waals surface area (Å²) in [7, 11) is 0. The van der Waals surface area contributed by atoms with Gasteiger partial charge in [0, 0.05) is 31.2 Å². The molecule has 0 fully saturated rings. The molecular formula is C27H37N7O3. The fourth-order valence-corrected chi connectivity index (χ4v) is 3.94. The molecule has 0 saturated carbocycles. The lowest BCUT2D eigenvalue weighted by atomic mass is 10.0. The average molecular weight is 508 g/mol. The van der Waals surface area contributed by atoms with E-state index in [1.807, 2.05) is 30.5 Å². The minimum Gasteiger partial charge on any atom is -0.396 e. The Labute approximate surface area is 217 Å². The number of nitrogens with one attached hydrogen (secondary N) is 3. The molecule has 0 saturated heterocycles. The third-order valence-corrected chi connectivity index (χ3v) is 6.17. The van der Waals surface area contributed by atoms with Gasteiger partial charge >= 0.3 is 0 Å². The van der Waals surface area contributed by atoms with Gasteiger partial charge in [0.1, 0.15) is 0 Å². The van der Waals surface area contributed by atoms with E-state index >= 15 is 0 Å². The fourth-order valence-electron chi connectivity index (χ4n) is 3.94. The minimum atomic E-state index is -0.597. The van der Waals surface area contributed by atoms with Crippen molar-refractivity contribution in [2.75, 3.05) is 17.2 Å². The topological polar surface area (TPSA) is 134 Å². The van der Waals surface area contributed by atoms with Crippen LogP contribution >= 0.6 is 0 Å². The quantitative estimate of drug-likeness (QED) is 0.244. The predicted molar refractivity (Wildman–Crippen MR) is 145 cm³/mol. The third kappa shape index (κ3) is 7.36. The molecule has 1 aromatic carbocycles. The van der Waals surface area contributed by atoms with Gasteiger partial charge in [-0.15, -0.1) is 0 Å². The second kappa shape index (κ2) is 13.0. The number of aliphatic hydroxyl groups is 1. The van der Waals surface area contributed by atoms with Crippen LogP contribution in [0.1, 0.15) is 63.1 Å². The zero-order valence-corrected chi connectivity index (χ0v) is 22.0. The van der Waals surface area contributed by atoms with Crippen molar-refractivity contribution in [2.45, 2.75) is 71.5 Å². The number of aliphatic hydroxyl groups excluding tert-OH is 1. The van der Waals surface area contributed by atoms with Crippen molar-refractivity contribution >= 4 is 29.2 Å². The van der Waals surface area contributed by atoms with E-state index in [0.29, 0.717) is 24.9 Å². The van der Waals surface area contributed by atoms with E-state index < -0.39 is 6.04 Å². The Bertz CT molecular complexity index is 1240. The molecule has 0 spiro atoms. The van der Waals surface area contributed by atoms with E-state index in [9.17, 15) is 14.7 Å². The van der Waals surface area contributed by atoms with Gasteiger partial charge in [-0.3, -0.25) is 9.59 Å². The number of carbonyl (C=O) groups excluding carboxylic acids is 2. The summed E-state index contributed by atoms with van der Waals surface area (Å²) in [5, 5.41) is 23.2. The number of fused-ring (bicyclic) bond motifs is 1. The fraction of sp³-hybridized carbons (Fsp3) is 0.444. The molecule has 0 aliphatic heterocycles. The Balaban J connectivity index is 1.79. The maximum Gasteiger partial charge on any atom is 0.243 e. The molecule has 1 amide bonds. The summed E-state index contributed by atoms with van der Waals surface area (Å²) in [5.41, 5.74) is 3.57. The van der Waals surface area contributed by atoms with Crippen molar-refractivity contribution in [3.63, 3.8) is 0 Å². The Hall–Kier alpha value is -3.79. The SMILES string of the molecule is C=CC(=O)NC(C)C(=O)Cc1cccc(CNc2nc(NC(CC)CCO)nc3c(C(C)C)cnn23)c1. The van der Waals surface area contributed by atoms with Gasteiger partial charge in [0.15, 0.2) is 11.4 Å². The van der Waals surface area contributed by atoms with Crippen LogP contribution in [-0.2, 0) is 22.6 Å². The van der Waals surface area contributed by atoms with Crippen LogP contribution in [0.15, 0.2) is 43.1 Å². The van der Waals surface area contributed by atoms with E-state index in [4.69, 9.17) is 4.98 Å². The van der Waals surface area contributed by atoms with Gasteiger partial charge in [0.25, 0.3) is 0 Å². The monoisotopic (exact) mass is 507 g/mol. The zero-order chi connectivity index (χ0) is 26.9. The van der Waals surface area contributed by atoms with Crippen molar-refractivity contribution in [1.29, 1.82) is 0 Å². The molecule has 37 heavy (non-hydrogen) atoms. The predicted octanol–water partition coefficient (Wildman–Crippen LogP) is 3.24. The summed E-state index contributed by atoms with van der Waals surface area (Å²) in [6.07, 6.45) is 4.60. The second-order valence-corrected chi connectivity index (χ2v) is 9.37. The number of rotatable bonds is 14. The number of aromatic nitrogens is 4. The Morgan fingerprint density at radius 3 is 2.62 bits per heavy atom. The molecule has 4 N–H and O–H groups in total. The van der Waals surface area contributed by atoms with Gasteiger partial charge in [-0.25, -0.2) is 0 Å². The summed E-state index contributed by atoms with van der Waals surface area (Å²) in [6, 6.07) is 7.18. The van der Waals surface area contributed by atoms with Crippen LogP contribution in [-0.4, -0.2) is 55.1 Å². The summed E-state index contributed by atoms with van der Waals surface area (Å²) >= 11 is 0. The van der Waals surface area contributed by atoms with Crippen LogP contribution in [0.3, 0.4) is 0 Å². The Morgan fingerprint density at radius 2 is 1.95 bits per heavy atom. The molecule has 0 radical (unpaired) electrons. The van der Waals surface area contributed by atoms with Gasteiger partial charge in [-0.1, -0.05) is 51.6 Å². The van der Waals surface area contributed by atoms with Crippen LogP contribution in [0.25, 0.3) is 5.65 Å². The zero-order valence-electron chi connectivity index (χ0n) is 22.0. The first-order valence-electron chi connectivity index (χ1n) is 12.7. The maximum absolute atomic E-state index is 12.5. The Morgan fingerprint density at radius 1 is 1.19 bits per heavy atom. The van der Waals surface area contributed by atoms with Gasteiger partial charge in [-0.05, 0) is 42.9 Å². The first-order chi connectivity index (χ1) is 17.7. The van der Waals surface area contributed by atoms with E-state index in [0.717, 1.165) is 34.8 Å². The molecule has 3 rings (SSSR count). The average Bonchev–Trinajstić information content (AvgIpc) is 3.31. The summed E-state index contributed by atoms with van der Waals surface area (Å²) in [4.78, 5) is 33.4. The lowest BCUT2D eigenvalue weighted by molar-refractivity contribution is -0.124. The van der Waals surface area contributed by atoms with Gasteiger partial charge in [0.05, 0.1) is 12.2 Å². The summed E-state index contributed by atoms with van der Waals surface area (Å²) in [6.45, 7) is 11.9. The van der Waals surface area contributed by atoms with E-state index in [1.165, 1.54) is 0 Å². The normalized spacial score (nSPS) is 12.8. The molecule has 0 aliphatic carbocycles. The van der Waals surface area contributed by atoms with Crippen molar-refractivity contribution in [2.24, 2.45) is 0 Å². The number of carbonyl (C=O) groups is 2. The number of Topliss-reactive ketones (excluding diaryl/α,β-unsaturated/α-hetero) is 1. The molecule has 2 heterocycles. The molecule has 10 nitrogen and oxygen atoms in total. The Kier molecular flexibility index (Phi) is 9.73. The molecule has 2 aromatic heterocycles. The molecule has 3 aromatic rings. The first-order valence-corrected chi connectivity index (χ1v) is 12.7. The number of amides is 1. The number of ketones is 1. The van der Waals surface area contributed by atoms with Gasteiger partial charge in [-0.2, -0.15) is 19.6 Å². The van der Waals surface area contributed by atoms with E-state index in [2.05, 4.69) is 53.4 Å². The van der Waals surface area contributed by atoms with Crippen LogP contribution in [0.4, 0.5) is 11.9 Å².